The molecule has 0 amide bonds. The smallest absolute Gasteiger partial charge is 0.322 e. The molecular weight excluding hydrogens is 242 g/mol. The van der Waals surface area contributed by atoms with Gasteiger partial charge in [0.15, 0.2) is 0 Å². The van der Waals surface area contributed by atoms with Gasteiger partial charge in [-0.05, 0) is 19.1 Å². The van der Waals surface area contributed by atoms with Crippen molar-refractivity contribution in [3.63, 3.8) is 0 Å². The Balaban J connectivity index is 2.13. The summed E-state index contributed by atoms with van der Waals surface area (Å²) in [5.74, 6) is 2.19. The molecule has 96 valence electrons. The normalized spacial score (nSPS) is 12.4. The van der Waals surface area contributed by atoms with Crippen LogP contribution < -0.4 is 5.73 Å². The summed E-state index contributed by atoms with van der Waals surface area (Å²) in [6.45, 7) is 3.87. The highest BCUT2D eigenvalue weighted by Crippen LogP contribution is 2.12. The van der Waals surface area contributed by atoms with Crippen molar-refractivity contribution in [2.24, 2.45) is 5.73 Å². The van der Waals surface area contributed by atoms with Crippen molar-refractivity contribution in [3.05, 3.63) is 11.8 Å². The summed E-state index contributed by atoms with van der Waals surface area (Å²) in [5.41, 5.74) is 5.65. The van der Waals surface area contributed by atoms with E-state index in [0.717, 1.165) is 5.75 Å². The van der Waals surface area contributed by atoms with Gasteiger partial charge in [0.25, 0.3) is 0 Å². The Labute approximate surface area is 104 Å². The summed E-state index contributed by atoms with van der Waals surface area (Å²) >= 11 is 1.60. The quantitative estimate of drug-likeness (QED) is 0.574. The number of esters is 1. The third-order valence-corrected chi connectivity index (χ3v) is 2.93. The van der Waals surface area contributed by atoms with E-state index in [9.17, 15) is 4.79 Å². The second-order valence-electron chi connectivity index (χ2n) is 3.41. The van der Waals surface area contributed by atoms with Gasteiger partial charge in [0, 0.05) is 6.92 Å². The molecule has 0 spiro atoms. The molecule has 1 unspecified atom stereocenters. The molecule has 17 heavy (non-hydrogen) atoms. The third kappa shape index (κ3) is 5.18. The van der Waals surface area contributed by atoms with Crippen LogP contribution in [0.3, 0.4) is 0 Å². The van der Waals surface area contributed by atoms with Gasteiger partial charge in [-0.1, -0.05) is 0 Å². The summed E-state index contributed by atoms with van der Waals surface area (Å²) in [6, 6.07) is -0.549. The average molecular weight is 259 g/mol. The van der Waals surface area contributed by atoms with Gasteiger partial charge < -0.3 is 14.9 Å². The minimum Gasteiger partial charge on any atom is -0.465 e. The Morgan fingerprint density at radius 1 is 1.59 bits per heavy atom. The van der Waals surface area contributed by atoms with Gasteiger partial charge in [0.2, 0.25) is 11.8 Å². The second-order valence-corrected chi connectivity index (χ2v) is 4.52. The first-order valence-corrected chi connectivity index (χ1v) is 6.58. The van der Waals surface area contributed by atoms with E-state index in [1.165, 1.54) is 0 Å². The van der Waals surface area contributed by atoms with Crippen LogP contribution in [-0.4, -0.2) is 34.6 Å². The lowest BCUT2D eigenvalue weighted by Gasteiger charge is -2.09. The molecule has 7 heteroatoms. The number of rotatable bonds is 7. The van der Waals surface area contributed by atoms with Crippen LogP contribution in [0.15, 0.2) is 4.42 Å². The van der Waals surface area contributed by atoms with Crippen molar-refractivity contribution in [1.29, 1.82) is 0 Å². The van der Waals surface area contributed by atoms with E-state index >= 15 is 0 Å². The van der Waals surface area contributed by atoms with Crippen molar-refractivity contribution < 1.29 is 13.9 Å². The van der Waals surface area contributed by atoms with Crippen molar-refractivity contribution >= 4 is 17.7 Å². The molecule has 0 saturated heterocycles. The molecule has 0 aliphatic carbocycles. The molecule has 0 fully saturated rings. The third-order valence-electron chi connectivity index (χ3n) is 1.96. The number of thioether (sulfide) groups is 1. The monoisotopic (exact) mass is 259 g/mol. The first kappa shape index (κ1) is 14.0. The maximum atomic E-state index is 11.2. The number of carbonyl (C=O) groups is 1. The van der Waals surface area contributed by atoms with Crippen LogP contribution in [0, 0.1) is 6.92 Å². The maximum absolute atomic E-state index is 11.2. The number of carbonyl (C=O) groups excluding carboxylic acids is 1. The molecule has 1 aromatic heterocycles. The fourth-order valence-electron chi connectivity index (χ4n) is 1.13. The standard InChI is InChI=1S/C10H17N3O3S/c1-3-15-10(14)8(11)4-5-17-6-9-13-12-7(2)16-9/h8H,3-6,11H2,1-2H3. The molecule has 2 N–H and O–H groups in total. The highest BCUT2D eigenvalue weighted by molar-refractivity contribution is 7.98. The van der Waals surface area contributed by atoms with Gasteiger partial charge in [-0.15, -0.1) is 10.2 Å². The predicted molar refractivity (Wildman–Crippen MR) is 64.4 cm³/mol. The fourth-order valence-corrected chi connectivity index (χ4v) is 1.99. The lowest BCUT2D eigenvalue weighted by Crippen LogP contribution is -2.32. The van der Waals surface area contributed by atoms with Gasteiger partial charge in [0.1, 0.15) is 6.04 Å². The van der Waals surface area contributed by atoms with E-state index < -0.39 is 6.04 Å². The molecule has 0 bridgehead atoms. The Hall–Kier alpha value is -1.08. The number of ether oxygens (including phenoxy) is 1. The van der Waals surface area contributed by atoms with Crippen molar-refractivity contribution in [2.45, 2.75) is 32.1 Å². The summed E-state index contributed by atoms with van der Waals surface area (Å²) in [6.07, 6.45) is 0.580. The summed E-state index contributed by atoms with van der Waals surface area (Å²) in [4.78, 5) is 11.2. The van der Waals surface area contributed by atoms with Gasteiger partial charge in [-0.3, -0.25) is 4.79 Å². The van der Waals surface area contributed by atoms with Gasteiger partial charge in [-0.25, -0.2) is 0 Å². The predicted octanol–water partition coefficient (Wildman–Crippen LogP) is 0.892. The Morgan fingerprint density at radius 2 is 2.35 bits per heavy atom. The highest BCUT2D eigenvalue weighted by atomic mass is 32.2. The number of aromatic nitrogens is 2. The van der Waals surface area contributed by atoms with Crippen LogP contribution in [0.1, 0.15) is 25.1 Å². The second kappa shape index (κ2) is 7.29. The Kier molecular flexibility index (Phi) is 5.99. The zero-order chi connectivity index (χ0) is 12.7. The van der Waals surface area contributed by atoms with Crippen LogP contribution in [-0.2, 0) is 15.3 Å². The van der Waals surface area contributed by atoms with Crippen LogP contribution in [0.25, 0.3) is 0 Å². The molecular formula is C10H17N3O3S. The fraction of sp³-hybridized carbons (Fsp3) is 0.700. The van der Waals surface area contributed by atoms with E-state index in [-0.39, 0.29) is 5.97 Å². The zero-order valence-corrected chi connectivity index (χ0v) is 10.8. The van der Waals surface area contributed by atoms with E-state index in [1.54, 1.807) is 25.6 Å². The van der Waals surface area contributed by atoms with E-state index in [4.69, 9.17) is 14.9 Å². The first-order valence-electron chi connectivity index (χ1n) is 5.42. The lowest BCUT2D eigenvalue weighted by molar-refractivity contribution is -0.144. The van der Waals surface area contributed by atoms with Gasteiger partial charge in [-0.2, -0.15) is 11.8 Å². The molecule has 6 nitrogen and oxygen atoms in total. The average Bonchev–Trinajstić information content (AvgIpc) is 2.70. The van der Waals surface area contributed by atoms with E-state index in [0.29, 0.717) is 30.6 Å². The molecule has 1 aromatic rings. The molecule has 1 atom stereocenters. The lowest BCUT2D eigenvalue weighted by atomic mass is 10.2. The number of aryl methyl sites for hydroxylation is 1. The van der Waals surface area contributed by atoms with Crippen LogP contribution in [0.2, 0.25) is 0 Å². The molecule has 0 aliphatic rings. The summed E-state index contributed by atoms with van der Waals surface area (Å²) in [7, 11) is 0. The van der Waals surface area contributed by atoms with Crippen LogP contribution >= 0.6 is 11.8 Å². The maximum Gasteiger partial charge on any atom is 0.322 e. The zero-order valence-electron chi connectivity index (χ0n) is 10.0. The summed E-state index contributed by atoms with van der Waals surface area (Å²) < 4.78 is 10.0. The van der Waals surface area contributed by atoms with Gasteiger partial charge >= 0.3 is 5.97 Å². The number of nitrogens with zero attached hydrogens (tertiary/aromatic N) is 2. The molecule has 0 radical (unpaired) electrons. The van der Waals surface area contributed by atoms with E-state index in [2.05, 4.69) is 10.2 Å². The molecule has 1 rings (SSSR count). The van der Waals surface area contributed by atoms with Crippen LogP contribution in [0.5, 0.6) is 0 Å². The summed E-state index contributed by atoms with van der Waals surface area (Å²) in [5, 5.41) is 7.59. The van der Waals surface area contributed by atoms with Gasteiger partial charge in [0.05, 0.1) is 12.4 Å². The highest BCUT2D eigenvalue weighted by Gasteiger charge is 2.14. The Bertz CT molecular complexity index is 356. The molecule has 0 saturated carbocycles. The SMILES string of the molecule is CCOC(=O)C(N)CCSCc1nnc(C)o1. The molecule has 0 aromatic carbocycles. The minimum atomic E-state index is -0.549. The number of nitrogens with two attached hydrogens (primary N) is 1. The van der Waals surface area contributed by atoms with Crippen molar-refractivity contribution in [1.82, 2.24) is 10.2 Å². The van der Waals surface area contributed by atoms with Crippen molar-refractivity contribution in [2.75, 3.05) is 12.4 Å². The number of hydrogen-bond donors (Lipinski definition) is 1. The van der Waals surface area contributed by atoms with Crippen LogP contribution in [0.4, 0.5) is 0 Å². The Morgan fingerprint density at radius 3 is 2.94 bits per heavy atom. The topological polar surface area (TPSA) is 91.2 Å². The molecule has 0 aliphatic heterocycles. The first-order chi connectivity index (χ1) is 8.13. The number of hydrogen-bond acceptors (Lipinski definition) is 7. The molecule has 1 heterocycles. The van der Waals surface area contributed by atoms with Crippen molar-refractivity contribution in [3.8, 4) is 0 Å². The minimum absolute atomic E-state index is 0.346. The largest absolute Gasteiger partial charge is 0.465 e. The van der Waals surface area contributed by atoms with E-state index in [1.807, 2.05) is 0 Å².